The number of hydrogen-bond acceptors (Lipinski definition) is 2. The van der Waals surface area contributed by atoms with Crippen LogP contribution in [0.3, 0.4) is 0 Å². The van der Waals surface area contributed by atoms with Crippen LogP contribution < -0.4 is 5.32 Å². The number of carbonyl (C=O) groups is 1. The quantitative estimate of drug-likeness (QED) is 0.824. The third-order valence-corrected chi connectivity index (χ3v) is 3.54. The van der Waals surface area contributed by atoms with E-state index in [4.69, 9.17) is 5.11 Å². The van der Waals surface area contributed by atoms with Crippen molar-refractivity contribution in [3.8, 4) is 0 Å². The lowest BCUT2D eigenvalue weighted by atomic mass is 10.0. The highest BCUT2D eigenvalue weighted by Crippen LogP contribution is 2.18. The molecule has 0 aliphatic rings. The van der Waals surface area contributed by atoms with E-state index in [1.165, 1.54) is 6.07 Å². The number of carbonyl (C=O) groups excluding carboxylic acids is 1. The first kappa shape index (κ1) is 17.1. The van der Waals surface area contributed by atoms with Crippen LogP contribution in [0.5, 0.6) is 0 Å². The van der Waals surface area contributed by atoms with Gasteiger partial charge in [0.05, 0.1) is 12.5 Å². The Kier molecular flexibility index (Phi) is 6.23. The van der Waals surface area contributed by atoms with E-state index < -0.39 is 11.6 Å². The highest BCUT2D eigenvalue weighted by atomic mass is 19.2. The van der Waals surface area contributed by atoms with Crippen molar-refractivity contribution >= 4 is 5.91 Å². The van der Waals surface area contributed by atoms with Crippen molar-refractivity contribution in [2.24, 2.45) is 0 Å². The molecule has 122 valence electrons. The fourth-order valence-corrected chi connectivity index (χ4v) is 2.38. The fraction of sp³-hybridized carbons (Fsp3) is 0.278. The van der Waals surface area contributed by atoms with Crippen LogP contribution in [-0.4, -0.2) is 17.6 Å². The molecule has 3 nitrogen and oxygen atoms in total. The van der Waals surface area contributed by atoms with Crippen LogP contribution in [0.2, 0.25) is 0 Å². The van der Waals surface area contributed by atoms with Crippen molar-refractivity contribution < 1.29 is 18.7 Å². The van der Waals surface area contributed by atoms with Gasteiger partial charge in [0.2, 0.25) is 5.91 Å². The Hall–Kier alpha value is -2.27. The van der Waals surface area contributed by atoms with Gasteiger partial charge in [-0.25, -0.2) is 8.78 Å². The minimum atomic E-state index is -0.963. The molecule has 2 aromatic carbocycles. The van der Waals surface area contributed by atoms with Gasteiger partial charge in [-0.1, -0.05) is 36.4 Å². The van der Waals surface area contributed by atoms with Gasteiger partial charge in [0.1, 0.15) is 0 Å². The summed E-state index contributed by atoms with van der Waals surface area (Å²) in [6, 6.07) is 12.7. The predicted octanol–water partition coefficient (Wildman–Crippen LogP) is 3.14. The maximum atomic E-state index is 13.2. The molecule has 2 N–H and O–H groups in total. The molecule has 1 amide bonds. The maximum absolute atomic E-state index is 13.2. The first-order valence-electron chi connectivity index (χ1n) is 7.49. The maximum Gasteiger partial charge on any atom is 0.224 e. The largest absolute Gasteiger partial charge is 0.396 e. The first-order chi connectivity index (χ1) is 11.1. The first-order valence-corrected chi connectivity index (χ1v) is 7.49. The zero-order valence-electron chi connectivity index (χ0n) is 12.6. The van der Waals surface area contributed by atoms with Gasteiger partial charge < -0.3 is 10.4 Å². The summed E-state index contributed by atoms with van der Waals surface area (Å²) >= 11 is 0. The molecule has 0 heterocycles. The lowest BCUT2D eigenvalue weighted by molar-refractivity contribution is -0.121. The van der Waals surface area contributed by atoms with Gasteiger partial charge in [-0.05, 0) is 36.1 Å². The van der Waals surface area contributed by atoms with E-state index in [0.717, 1.165) is 17.7 Å². The molecular weight excluding hydrogens is 300 g/mol. The summed E-state index contributed by atoms with van der Waals surface area (Å²) in [7, 11) is 0. The molecular formula is C18H19F2NO2. The smallest absolute Gasteiger partial charge is 0.224 e. The minimum absolute atomic E-state index is 0.0281. The van der Waals surface area contributed by atoms with Crippen LogP contribution in [0.1, 0.15) is 30.0 Å². The molecule has 0 saturated heterocycles. The lowest BCUT2D eigenvalue weighted by Gasteiger charge is -2.19. The summed E-state index contributed by atoms with van der Waals surface area (Å²) in [5.74, 6) is -2.17. The topological polar surface area (TPSA) is 49.3 Å². The van der Waals surface area contributed by atoms with Crippen LogP contribution in [0.4, 0.5) is 8.78 Å². The number of amides is 1. The Morgan fingerprint density at radius 2 is 1.83 bits per heavy atom. The van der Waals surface area contributed by atoms with Crippen LogP contribution in [0.25, 0.3) is 0 Å². The number of benzene rings is 2. The molecule has 5 heteroatoms. The SMILES string of the molecule is O=C(Cc1ccc(F)c(F)c1)NC(CCCO)c1ccccc1. The summed E-state index contributed by atoms with van der Waals surface area (Å²) in [6.45, 7) is 0.0440. The van der Waals surface area contributed by atoms with Crippen molar-refractivity contribution in [2.75, 3.05) is 6.61 Å². The van der Waals surface area contributed by atoms with Gasteiger partial charge in [-0.15, -0.1) is 0 Å². The fourth-order valence-electron chi connectivity index (χ4n) is 2.38. The third kappa shape index (κ3) is 5.14. The van der Waals surface area contributed by atoms with Crippen LogP contribution >= 0.6 is 0 Å². The average molecular weight is 319 g/mol. The molecule has 2 rings (SSSR count). The second kappa shape index (κ2) is 8.39. The van der Waals surface area contributed by atoms with Crippen molar-refractivity contribution in [3.63, 3.8) is 0 Å². The van der Waals surface area contributed by atoms with E-state index in [-0.39, 0.29) is 25.0 Å². The standard InChI is InChI=1S/C18H19F2NO2/c19-15-9-8-13(11-16(15)20)12-18(23)21-17(7-4-10-22)14-5-2-1-3-6-14/h1-3,5-6,8-9,11,17,22H,4,7,10,12H2,(H,21,23). The van der Waals surface area contributed by atoms with Gasteiger partial charge in [0.15, 0.2) is 11.6 Å². The zero-order valence-corrected chi connectivity index (χ0v) is 12.6. The number of hydrogen-bond donors (Lipinski definition) is 2. The molecule has 0 bridgehead atoms. The highest BCUT2D eigenvalue weighted by molar-refractivity contribution is 5.79. The van der Waals surface area contributed by atoms with Gasteiger partial charge >= 0.3 is 0 Å². The summed E-state index contributed by atoms with van der Waals surface area (Å²) in [6.07, 6.45) is 1.13. The van der Waals surface area contributed by atoms with E-state index in [0.29, 0.717) is 18.4 Å². The third-order valence-electron chi connectivity index (χ3n) is 3.54. The Morgan fingerprint density at radius 1 is 1.09 bits per heavy atom. The molecule has 1 atom stereocenters. The Morgan fingerprint density at radius 3 is 2.48 bits per heavy atom. The van der Waals surface area contributed by atoms with Crippen molar-refractivity contribution in [3.05, 3.63) is 71.3 Å². The summed E-state index contributed by atoms with van der Waals surface area (Å²) in [5.41, 5.74) is 1.36. The zero-order chi connectivity index (χ0) is 16.7. The van der Waals surface area contributed by atoms with Crippen molar-refractivity contribution in [1.82, 2.24) is 5.32 Å². The number of aliphatic hydroxyl groups excluding tert-OH is 1. The molecule has 2 aromatic rings. The van der Waals surface area contributed by atoms with Gasteiger partial charge in [0.25, 0.3) is 0 Å². The summed E-state index contributed by atoms with van der Waals surface area (Å²) < 4.78 is 26.1. The Balaban J connectivity index is 2.03. The molecule has 0 saturated carbocycles. The number of aliphatic hydroxyl groups is 1. The van der Waals surface area contributed by atoms with E-state index in [9.17, 15) is 13.6 Å². The molecule has 0 aliphatic carbocycles. The van der Waals surface area contributed by atoms with Crippen LogP contribution in [0, 0.1) is 11.6 Å². The van der Waals surface area contributed by atoms with Gasteiger partial charge in [-0.3, -0.25) is 4.79 Å². The summed E-state index contributed by atoms with van der Waals surface area (Å²) in [5, 5.41) is 11.9. The monoisotopic (exact) mass is 319 g/mol. The normalized spacial score (nSPS) is 12.0. The number of halogens is 2. The number of rotatable bonds is 7. The lowest BCUT2D eigenvalue weighted by Crippen LogP contribution is -2.30. The van der Waals surface area contributed by atoms with E-state index in [1.54, 1.807) is 0 Å². The number of nitrogens with one attached hydrogen (secondary N) is 1. The van der Waals surface area contributed by atoms with E-state index >= 15 is 0 Å². The van der Waals surface area contributed by atoms with Crippen LogP contribution in [-0.2, 0) is 11.2 Å². The van der Waals surface area contributed by atoms with Crippen molar-refractivity contribution in [2.45, 2.75) is 25.3 Å². The highest BCUT2D eigenvalue weighted by Gasteiger charge is 2.15. The Labute approximate surface area is 134 Å². The van der Waals surface area contributed by atoms with Crippen molar-refractivity contribution in [1.29, 1.82) is 0 Å². The van der Waals surface area contributed by atoms with Crippen LogP contribution in [0.15, 0.2) is 48.5 Å². The average Bonchev–Trinajstić information content (AvgIpc) is 2.55. The second-order valence-corrected chi connectivity index (χ2v) is 5.32. The molecule has 0 fully saturated rings. The van der Waals surface area contributed by atoms with Gasteiger partial charge in [0, 0.05) is 6.61 Å². The summed E-state index contributed by atoms with van der Waals surface area (Å²) in [4.78, 5) is 12.2. The molecule has 23 heavy (non-hydrogen) atoms. The molecule has 1 unspecified atom stereocenters. The molecule has 0 aliphatic heterocycles. The second-order valence-electron chi connectivity index (χ2n) is 5.32. The molecule has 0 aromatic heterocycles. The van der Waals surface area contributed by atoms with Gasteiger partial charge in [-0.2, -0.15) is 0 Å². The molecule has 0 radical (unpaired) electrons. The van der Waals surface area contributed by atoms with E-state index in [1.807, 2.05) is 30.3 Å². The molecule has 0 spiro atoms. The van der Waals surface area contributed by atoms with E-state index in [2.05, 4.69) is 5.32 Å². The predicted molar refractivity (Wildman–Crippen MR) is 83.7 cm³/mol. The minimum Gasteiger partial charge on any atom is -0.396 e. The Bertz CT molecular complexity index is 647.